The van der Waals surface area contributed by atoms with Crippen LogP contribution in [0, 0.1) is 19.8 Å². The molecule has 1 heterocycles. The fourth-order valence-corrected chi connectivity index (χ4v) is 4.73. The number of benzene rings is 1. The van der Waals surface area contributed by atoms with Gasteiger partial charge in [0.1, 0.15) is 0 Å². The summed E-state index contributed by atoms with van der Waals surface area (Å²) >= 11 is 0. The monoisotopic (exact) mass is 352 g/mol. The van der Waals surface area contributed by atoms with E-state index in [0.29, 0.717) is 30.8 Å². The fourth-order valence-electron chi connectivity index (χ4n) is 2.95. The van der Waals surface area contributed by atoms with Gasteiger partial charge in [-0.2, -0.15) is 4.31 Å². The normalized spacial score (nSPS) is 17.7. The molecular formula is C18H28N2O3S. The largest absolute Gasteiger partial charge is 0.351 e. The Hall–Kier alpha value is -1.40. The molecule has 0 bridgehead atoms. The maximum atomic E-state index is 12.9. The van der Waals surface area contributed by atoms with E-state index in [4.69, 9.17) is 0 Å². The minimum Gasteiger partial charge on any atom is -0.351 e. The van der Waals surface area contributed by atoms with Crippen LogP contribution in [0.25, 0.3) is 0 Å². The van der Waals surface area contributed by atoms with Gasteiger partial charge in [0.05, 0.1) is 4.90 Å². The maximum Gasteiger partial charge on any atom is 0.243 e. The Morgan fingerprint density at radius 2 is 1.75 bits per heavy atom. The SMILES string of the molecule is Cc1ccc(C)c(S(=O)(=O)N2CCC(C(=O)NC(C)(C)C)CC2)c1. The fraction of sp³-hybridized carbons (Fsp3) is 0.611. The molecule has 0 aromatic heterocycles. The van der Waals surface area contributed by atoms with Gasteiger partial charge in [0.15, 0.2) is 0 Å². The van der Waals surface area contributed by atoms with E-state index in [-0.39, 0.29) is 17.4 Å². The lowest BCUT2D eigenvalue weighted by Gasteiger charge is -2.32. The van der Waals surface area contributed by atoms with Crippen LogP contribution in [0.5, 0.6) is 0 Å². The molecule has 2 rings (SSSR count). The minimum absolute atomic E-state index is 0.0197. The second kappa shape index (κ2) is 6.84. The molecule has 0 saturated carbocycles. The number of aryl methyl sites for hydroxylation is 2. The molecule has 1 N–H and O–H groups in total. The van der Waals surface area contributed by atoms with Crippen LogP contribution in [0.15, 0.2) is 23.1 Å². The number of carbonyl (C=O) groups is 1. The number of rotatable bonds is 3. The first-order valence-electron chi connectivity index (χ1n) is 8.40. The molecule has 1 aromatic rings. The molecule has 24 heavy (non-hydrogen) atoms. The highest BCUT2D eigenvalue weighted by molar-refractivity contribution is 7.89. The van der Waals surface area contributed by atoms with Crippen molar-refractivity contribution in [3.8, 4) is 0 Å². The summed E-state index contributed by atoms with van der Waals surface area (Å²) in [6.07, 6.45) is 1.12. The first-order valence-corrected chi connectivity index (χ1v) is 9.84. The van der Waals surface area contributed by atoms with Gasteiger partial charge in [-0.3, -0.25) is 4.79 Å². The predicted octanol–water partition coefficient (Wildman–Crippen LogP) is 2.62. The van der Waals surface area contributed by atoms with E-state index >= 15 is 0 Å². The van der Waals surface area contributed by atoms with Gasteiger partial charge in [-0.25, -0.2) is 8.42 Å². The van der Waals surface area contributed by atoms with Gasteiger partial charge in [-0.1, -0.05) is 12.1 Å². The molecule has 0 atom stereocenters. The summed E-state index contributed by atoms with van der Waals surface area (Å²) < 4.78 is 27.3. The van der Waals surface area contributed by atoms with Gasteiger partial charge in [-0.15, -0.1) is 0 Å². The van der Waals surface area contributed by atoms with Crippen molar-refractivity contribution in [1.82, 2.24) is 9.62 Å². The minimum atomic E-state index is -3.50. The van der Waals surface area contributed by atoms with Gasteiger partial charge in [0, 0.05) is 24.5 Å². The molecule has 1 saturated heterocycles. The second-order valence-electron chi connectivity index (χ2n) is 7.69. The van der Waals surface area contributed by atoms with E-state index in [1.807, 2.05) is 46.8 Å². The lowest BCUT2D eigenvalue weighted by Crippen LogP contribution is -2.47. The summed E-state index contributed by atoms with van der Waals surface area (Å²) in [6, 6.07) is 5.48. The average molecular weight is 353 g/mol. The number of nitrogens with zero attached hydrogens (tertiary/aromatic N) is 1. The number of carbonyl (C=O) groups excluding carboxylic acids is 1. The maximum absolute atomic E-state index is 12.9. The highest BCUT2D eigenvalue weighted by Gasteiger charge is 2.33. The zero-order valence-electron chi connectivity index (χ0n) is 15.2. The number of nitrogens with one attached hydrogen (secondary N) is 1. The molecular weight excluding hydrogens is 324 g/mol. The van der Waals surface area contributed by atoms with Gasteiger partial charge < -0.3 is 5.32 Å². The number of piperidine rings is 1. The van der Waals surface area contributed by atoms with E-state index in [1.165, 1.54) is 4.31 Å². The van der Waals surface area contributed by atoms with Crippen molar-refractivity contribution in [1.29, 1.82) is 0 Å². The highest BCUT2D eigenvalue weighted by Crippen LogP contribution is 2.26. The first kappa shape index (κ1) is 18.9. The Balaban J connectivity index is 2.09. The topological polar surface area (TPSA) is 66.5 Å². The van der Waals surface area contributed by atoms with Gasteiger partial charge in [0.25, 0.3) is 0 Å². The molecule has 0 aliphatic carbocycles. The molecule has 1 aliphatic rings. The molecule has 5 nitrogen and oxygen atoms in total. The molecule has 0 radical (unpaired) electrons. The van der Waals surface area contributed by atoms with Crippen molar-refractivity contribution < 1.29 is 13.2 Å². The third-order valence-electron chi connectivity index (χ3n) is 4.28. The first-order chi connectivity index (χ1) is 11.0. The number of sulfonamides is 1. The molecule has 1 aromatic carbocycles. The van der Waals surface area contributed by atoms with E-state index in [0.717, 1.165) is 11.1 Å². The predicted molar refractivity (Wildman–Crippen MR) is 95.3 cm³/mol. The van der Waals surface area contributed by atoms with Crippen molar-refractivity contribution in [2.75, 3.05) is 13.1 Å². The van der Waals surface area contributed by atoms with Crippen LogP contribution in [0.2, 0.25) is 0 Å². The Labute approximate surface area is 145 Å². The molecule has 0 spiro atoms. The molecule has 1 fully saturated rings. The van der Waals surface area contributed by atoms with Crippen LogP contribution >= 0.6 is 0 Å². The van der Waals surface area contributed by atoms with Crippen LogP contribution < -0.4 is 5.32 Å². The van der Waals surface area contributed by atoms with Crippen molar-refractivity contribution in [2.45, 2.75) is 57.9 Å². The standard InChI is InChI=1S/C18H28N2O3S/c1-13-6-7-14(2)16(12-13)24(22,23)20-10-8-15(9-11-20)17(21)19-18(3,4)5/h6-7,12,15H,8-11H2,1-5H3,(H,19,21). The highest BCUT2D eigenvalue weighted by atomic mass is 32.2. The van der Waals surface area contributed by atoms with Gasteiger partial charge in [0.2, 0.25) is 15.9 Å². The third kappa shape index (κ3) is 4.36. The van der Waals surface area contributed by atoms with Crippen LogP contribution in [-0.2, 0) is 14.8 Å². The van der Waals surface area contributed by atoms with Gasteiger partial charge in [-0.05, 0) is 64.7 Å². The molecule has 6 heteroatoms. The smallest absolute Gasteiger partial charge is 0.243 e. The Bertz CT molecular complexity index is 712. The van der Waals surface area contributed by atoms with Crippen molar-refractivity contribution >= 4 is 15.9 Å². The van der Waals surface area contributed by atoms with Gasteiger partial charge >= 0.3 is 0 Å². The Morgan fingerprint density at radius 1 is 1.17 bits per heavy atom. The van der Waals surface area contributed by atoms with Crippen LogP contribution in [0.1, 0.15) is 44.7 Å². The van der Waals surface area contributed by atoms with E-state index in [1.54, 1.807) is 6.07 Å². The number of hydrogen-bond donors (Lipinski definition) is 1. The third-order valence-corrected chi connectivity index (χ3v) is 6.33. The van der Waals surface area contributed by atoms with E-state index in [9.17, 15) is 13.2 Å². The molecule has 1 amide bonds. The zero-order chi connectivity index (χ0) is 18.1. The summed E-state index contributed by atoms with van der Waals surface area (Å²) in [6.45, 7) is 10.3. The van der Waals surface area contributed by atoms with Crippen LogP contribution in [0.4, 0.5) is 0 Å². The Kier molecular flexibility index (Phi) is 5.40. The molecule has 1 aliphatic heterocycles. The molecule has 0 unspecified atom stereocenters. The van der Waals surface area contributed by atoms with E-state index in [2.05, 4.69) is 5.32 Å². The second-order valence-corrected chi connectivity index (χ2v) is 9.59. The zero-order valence-corrected chi connectivity index (χ0v) is 16.0. The quantitative estimate of drug-likeness (QED) is 0.909. The van der Waals surface area contributed by atoms with E-state index < -0.39 is 10.0 Å². The summed E-state index contributed by atoms with van der Waals surface area (Å²) in [5.74, 6) is -0.0967. The Morgan fingerprint density at radius 3 is 2.29 bits per heavy atom. The lowest BCUT2D eigenvalue weighted by molar-refractivity contribution is -0.127. The lowest BCUT2D eigenvalue weighted by atomic mass is 9.96. The summed E-state index contributed by atoms with van der Waals surface area (Å²) in [4.78, 5) is 12.6. The number of amides is 1. The summed E-state index contributed by atoms with van der Waals surface area (Å²) in [7, 11) is -3.50. The van der Waals surface area contributed by atoms with Crippen LogP contribution in [0.3, 0.4) is 0 Å². The van der Waals surface area contributed by atoms with Crippen molar-refractivity contribution in [3.05, 3.63) is 29.3 Å². The van der Waals surface area contributed by atoms with Crippen molar-refractivity contribution in [3.63, 3.8) is 0 Å². The average Bonchev–Trinajstić information content (AvgIpc) is 2.48. The van der Waals surface area contributed by atoms with Crippen LogP contribution in [-0.4, -0.2) is 37.3 Å². The number of hydrogen-bond acceptors (Lipinski definition) is 3. The summed E-state index contributed by atoms with van der Waals surface area (Å²) in [5, 5.41) is 2.98. The summed E-state index contributed by atoms with van der Waals surface area (Å²) in [5.41, 5.74) is 1.42. The van der Waals surface area contributed by atoms with Crippen molar-refractivity contribution in [2.24, 2.45) is 5.92 Å². The molecule has 134 valence electrons.